The summed E-state index contributed by atoms with van der Waals surface area (Å²) in [7, 11) is 2.07. The van der Waals surface area contributed by atoms with E-state index >= 15 is 0 Å². The van der Waals surface area contributed by atoms with Crippen LogP contribution >= 0.6 is 11.6 Å². The predicted molar refractivity (Wildman–Crippen MR) is 97.3 cm³/mol. The number of nitro groups is 1. The van der Waals surface area contributed by atoms with Gasteiger partial charge in [-0.25, -0.2) is 0 Å². The lowest BCUT2D eigenvalue weighted by Crippen LogP contribution is -2.26. The SMILES string of the molecule is CN1CCCc2cc(CNC(=O)c3ccc(Cl)cc3[N+](=O)[O-])ccc21. The first-order valence-electron chi connectivity index (χ1n) is 8.01. The topological polar surface area (TPSA) is 75.5 Å². The summed E-state index contributed by atoms with van der Waals surface area (Å²) >= 11 is 5.78. The van der Waals surface area contributed by atoms with Gasteiger partial charge < -0.3 is 10.2 Å². The molecule has 25 heavy (non-hydrogen) atoms. The van der Waals surface area contributed by atoms with Gasteiger partial charge in [0.05, 0.1) is 4.92 Å². The van der Waals surface area contributed by atoms with Crippen molar-refractivity contribution in [2.75, 3.05) is 18.5 Å². The molecule has 0 aromatic heterocycles. The van der Waals surface area contributed by atoms with Crippen LogP contribution in [0.15, 0.2) is 36.4 Å². The fraction of sp³-hybridized carbons (Fsp3) is 0.278. The number of amides is 1. The quantitative estimate of drug-likeness (QED) is 0.669. The molecule has 0 unspecified atom stereocenters. The fourth-order valence-corrected chi connectivity index (χ4v) is 3.24. The number of nitrogens with zero attached hydrogens (tertiary/aromatic N) is 2. The van der Waals surface area contributed by atoms with Crippen molar-refractivity contribution in [2.45, 2.75) is 19.4 Å². The standard InChI is InChI=1S/C18H18ClN3O3/c1-21-8-2-3-13-9-12(4-7-16(13)21)11-20-18(23)15-6-5-14(19)10-17(15)22(24)25/h4-7,9-10H,2-3,8,11H2,1H3,(H,20,23). The summed E-state index contributed by atoms with van der Waals surface area (Å²) in [5, 5.41) is 14.1. The first-order valence-corrected chi connectivity index (χ1v) is 8.38. The molecule has 0 spiro atoms. The number of nitrogens with one attached hydrogen (secondary N) is 1. The van der Waals surface area contributed by atoms with E-state index in [4.69, 9.17) is 11.6 Å². The number of nitro benzene ring substituents is 1. The van der Waals surface area contributed by atoms with E-state index in [0.717, 1.165) is 24.9 Å². The molecular weight excluding hydrogens is 342 g/mol. The van der Waals surface area contributed by atoms with Crippen LogP contribution in [0.2, 0.25) is 5.02 Å². The molecule has 1 N–H and O–H groups in total. The van der Waals surface area contributed by atoms with Crippen molar-refractivity contribution in [2.24, 2.45) is 0 Å². The molecule has 1 heterocycles. The summed E-state index contributed by atoms with van der Waals surface area (Å²) < 4.78 is 0. The molecule has 0 saturated carbocycles. The van der Waals surface area contributed by atoms with Gasteiger partial charge in [0, 0.05) is 36.9 Å². The van der Waals surface area contributed by atoms with Crippen LogP contribution in [0.25, 0.3) is 0 Å². The van der Waals surface area contributed by atoms with Gasteiger partial charge >= 0.3 is 0 Å². The molecule has 2 aromatic carbocycles. The normalized spacial score (nSPS) is 13.3. The minimum atomic E-state index is -0.602. The maximum absolute atomic E-state index is 12.3. The Morgan fingerprint density at radius 3 is 2.88 bits per heavy atom. The molecule has 0 radical (unpaired) electrons. The Kier molecular flexibility index (Phi) is 4.90. The molecule has 0 fully saturated rings. The van der Waals surface area contributed by atoms with Crippen LogP contribution in [0.5, 0.6) is 0 Å². The Balaban J connectivity index is 1.74. The second kappa shape index (κ2) is 7.11. The molecule has 7 heteroatoms. The Bertz CT molecular complexity index is 838. The predicted octanol–water partition coefficient (Wildman–Crippen LogP) is 3.56. The van der Waals surface area contributed by atoms with Gasteiger partial charge in [-0.1, -0.05) is 23.7 Å². The number of hydrogen-bond acceptors (Lipinski definition) is 4. The molecule has 0 aliphatic carbocycles. The average molecular weight is 360 g/mol. The molecular formula is C18H18ClN3O3. The van der Waals surface area contributed by atoms with Gasteiger partial charge in [0.2, 0.25) is 0 Å². The second-order valence-electron chi connectivity index (χ2n) is 6.09. The van der Waals surface area contributed by atoms with Crippen LogP contribution in [0.4, 0.5) is 11.4 Å². The van der Waals surface area contributed by atoms with Crippen LogP contribution in [0.3, 0.4) is 0 Å². The lowest BCUT2D eigenvalue weighted by Gasteiger charge is -2.27. The summed E-state index contributed by atoms with van der Waals surface area (Å²) in [6, 6.07) is 10.1. The summed E-state index contributed by atoms with van der Waals surface area (Å²) in [6.45, 7) is 1.36. The minimum absolute atomic E-state index is 0.00657. The Morgan fingerprint density at radius 2 is 2.12 bits per heavy atom. The lowest BCUT2D eigenvalue weighted by atomic mass is 9.99. The Labute approximate surface area is 150 Å². The maximum Gasteiger partial charge on any atom is 0.283 e. The first-order chi connectivity index (χ1) is 12.0. The van der Waals surface area contributed by atoms with E-state index in [1.807, 2.05) is 6.07 Å². The van der Waals surface area contributed by atoms with Crippen LogP contribution in [0, 0.1) is 10.1 Å². The van der Waals surface area contributed by atoms with Crippen LogP contribution in [-0.4, -0.2) is 24.4 Å². The zero-order valence-corrected chi connectivity index (χ0v) is 14.5. The number of carbonyl (C=O) groups excluding carboxylic acids is 1. The molecule has 1 aliphatic rings. The number of aryl methyl sites for hydroxylation is 1. The number of anilines is 1. The van der Waals surface area contributed by atoms with E-state index in [1.54, 1.807) is 0 Å². The third-order valence-electron chi connectivity index (χ3n) is 4.35. The molecule has 0 bridgehead atoms. The highest BCUT2D eigenvalue weighted by atomic mass is 35.5. The van der Waals surface area contributed by atoms with Crippen molar-refractivity contribution in [3.8, 4) is 0 Å². The van der Waals surface area contributed by atoms with E-state index in [-0.39, 0.29) is 16.3 Å². The van der Waals surface area contributed by atoms with Crippen LogP contribution in [-0.2, 0) is 13.0 Å². The summed E-state index contributed by atoms with van der Waals surface area (Å²) in [6.07, 6.45) is 2.13. The van der Waals surface area contributed by atoms with Gasteiger partial charge in [0.1, 0.15) is 5.56 Å². The molecule has 0 atom stereocenters. The van der Waals surface area contributed by atoms with Gasteiger partial charge in [-0.05, 0) is 42.2 Å². The molecule has 2 aromatic rings. The molecule has 1 aliphatic heterocycles. The average Bonchev–Trinajstić information content (AvgIpc) is 2.59. The van der Waals surface area contributed by atoms with Gasteiger partial charge in [-0.2, -0.15) is 0 Å². The molecule has 1 amide bonds. The number of fused-ring (bicyclic) bond motifs is 1. The lowest BCUT2D eigenvalue weighted by molar-refractivity contribution is -0.385. The number of carbonyl (C=O) groups is 1. The van der Waals surface area contributed by atoms with Gasteiger partial charge in [0.15, 0.2) is 0 Å². The Morgan fingerprint density at radius 1 is 1.32 bits per heavy atom. The van der Waals surface area contributed by atoms with E-state index < -0.39 is 10.8 Å². The molecule has 130 valence electrons. The zero-order chi connectivity index (χ0) is 18.0. The van der Waals surface area contributed by atoms with E-state index in [1.165, 1.54) is 29.4 Å². The van der Waals surface area contributed by atoms with Crippen molar-refractivity contribution >= 4 is 28.9 Å². The first kappa shape index (κ1) is 17.2. The summed E-state index contributed by atoms with van der Waals surface area (Å²) in [5.41, 5.74) is 3.16. The Hall–Kier alpha value is -2.60. The fourth-order valence-electron chi connectivity index (χ4n) is 3.07. The smallest absolute Gasteiger partial charge is 0.283 e. The highest BCUT2D eigenvalue weighted by molar-refractivity contribution is 6.31. The maximum atomic E-state index is 12.3. The van der Waals surface area contributed by atoms with Gasteiger partial charge in [-0.15, -0.1) is 0 Å². The minimum Gasteiger partial charge on any atom is -0.374 e. The van der Waals surface area contributed by atoms with E-state index in [0.29, 0.717) is 6.54 Å². The summed E-state index contributed by atoms with van der Waals surface area (Å²) in [5.74, 6) is -0.488. The van der Waals surface area contributed by atoms with Crippen molar-refractivity contribution in [3.05, 3.63) is 68.2 Å². The largest absolute Gasteiger partial charge is 0.374 e. The van der Waals surface area contributed by atoms with Crippen molar-refractivity contribution < 1.29 is 9.72 Å². The van der Waals surface area contributed by atoms with E-state index in [2.05, 4.69) is 29.4 Å². The third kappa shape index (κ3) is 3.74. The second-order valence-corrected chi connectivity index (χ2v) is 6.53. The van der Waals surface area contributed by atoms with Gasteiger partial charge in [0.25, 0.3) is 11.6 Å². The van der Waals surface area contributed by atoms with Crippen molar-refractivity contribution in [1.29, 1.82) is 0 Å². The number of hydrogen-bond donors (Lipinski definition) is 1. The van der Waals surface area contributed by atoms with Crippen molar-refractivity contribution in [1.82, 2.24) is 5.32 Å². The van der Waals surface area contributed by atoms with Gasteiger partial charge in [-0.3, -0.25) is 14.9 Å². The monoisotopic (exact) mass is 359 g/mol. The van der Waals surface area contributed by atoms with Crippen molar-refractivity contribution in [3.63, 3.8) is 0 Å². The highest BCUT2D eigenvalue weighted by Gasteiger charge is 2.20. The number of rotatable bonds is 4. The highest BCUT2D eigenvalue weighted by Crippen LogP contribution is 2.27. The van der Waals surface area contributed by atoms with E-state index in [9.17, 15) is 14.9 Å². The third-order valence-corrected chi connectivity index (χ3v) is 4.58. The zero-order valence-electron chi connectivity index (χ0n) is 13.8. The molecule has 6 nitrogen and oxygen atoms in total. The van der Waals surface area contributed by atoms with Crippen LogP contribution in [0.1, 0.15) is 27.9 Å². The number of halogens is 1. The molecule has 3 rings (SSSR count). The molecule has 0 saturated heterocycles. The van der Waals surface area contributed by atoms with Crippen LogP contribution < -0.4 is 10.2 Å². The number of benzene rings is 2. The summed E-state index contributed by atoms with van der Waals surface area (Å²) in [4.78, 5) is 25.1.